The normalized spacial score (nSPS) is 25.4. The first-order valence-electron chi connectivity index (χ1n) is 7.62. The zero-order chi connectivity index (χ0) is 15.6. The van der Waals surface area contributed by atoms with Gasteiger partial charge in [-0.15, -0.1) is 0 Å². The van der Waals surface area contributed by atoms with Gasteiger partial charge in [0.05, 0.1) is 17.5 Å². The summed E-state index contributed by atoms with van der Waals surface area (Å²) >= 11 is 0. The number of hydrogen-bond acceptors (Lipinski definition) is 4. The summed E-state index contributed by atoms with van der Waals surface area (Å²) in [5.41, 5.74) is 8.77. The average Bonchev–Trinajstić information content (AvgIpc) is 2.40. The Morgan fingerprint density at radius 3 is 2.71 bits per heavy atom. The van der Waals surface area contributed by atoms with E-state index in [1.807, 2.05) is 13.0 Å². The Balaban J connectivity index is 2.33. The Morgan fingerprint density at radius 1 is 1.43 bits per heavy atom. The van der Waals surface area contributed by atoms with Crippen molar-refractivity contribution in [3.63, 3.8) is 0 Å². The van der Waals surface area contributed by atoms with Gasteiger partial charge >= 0.3 is 0 Å². The monoisotopic (exact) mass is 310 g/mol. The number of benzene rings is 1. The summed E-state index contributed by atoms with van der Waals surface area (Å²) in [6.45, 7) is 6.71. The fourth-order valence-corrected chi connectivity index (χ4v) is 4.77. The van der Waals surface area contributed by atoms with E-state index in [1.165, 1.54) is 11.1 Å². The average molecular weight is 310 g/mol. The summed E-state index contributed by atoms with van der Waals surface area (Å²) in [6.07, 6.45) is 0.870. The molecule has 3 unspecified atom stereocenters. The van der Waals surface area contributed by atoms with Gasteiger partial charge in [0.15, 0.2) is 9.84 Å². The molecule has 1 saturated heterocycles. The molecule has 4 nitrogen and oxygen atoms in total. The van der Waals surface area contributed by atoms with Crippen LogP contribution in [0, 0.1) is 6.92 Å². The second-order valence-electron chi connectivity index (χ2n) is 6.13. The van der Waals surface area contributed by atoms with E-state index >= 15 is 0 Å². The van der Waals surface area contributed by atoms with Crippen molar-refractivity contribution in [1.82, 2.24) is 4.90 Å². The minimum absolute atomic E-state index is 0.00635. The van der Waals surface area contributed by atoms with E-state index in [-0.39, 0.29) is 29.6 Å². The molecule has 0 spiro atoms. The van der Waals surface area contributed by atoms with Gasteiger partial charge in [0.1, 0.15) is 0 Å². The third-order valence-electron chi connectivity index (χ3n) is 4.34. The van der Waals surface area contributed by atoms with Crippen LogP contribution < -0.4 is 5.73 Å². The molecule has 0 saturated carbocycles. The highest BCUT2D eigenvalue weighted by Crippen LogP contribution is 2.30. The third-order valence-corrected chi connectivity index (χ3v) is 6.13. The van der Waals surface area contributed by atoms with Gasteiger partial charge in [0.2, 0.25) is 0 Å². The first kappa shape index (κ1) is 16.5. The smallest absolute Gasteiger partial charge is 0.153 e. The molecular weight excluding hydrogens is 284 g/mol. The van der Waals surface area contributed by atoms with Crippen molar-refractivity contribution in [1.29, 1.82) is 0 Å². The summed E-state index contributed by atoms with van der Waals surface area (Å²) in [4.78, 5) is 2.27. The molecule has 118 valence electrons. The SMILES string of the molecule is CCC(N)C(c1cccc(C)c1)N1CCS(=O)(=O)CC1C. The Morgan fingerprint density at radius 2 is 2.14 bits per heavy atom. The van der Waals surface area contributed by atoms with Crippen molar-refractivity contribution in [2.75, 3.05) is 18.1 Å². The topological polar surface area (TPSA) is 63.4 Å². The van der Waals surface area contributed by atoms with E-state index < -0.39 is 9.84 Å². The molecule has 0 radical (unpaired) electrons. The molecule has 1 aliphatic rings. The molecule has 1 fully saturated rings. The van der Waals surface area contributed by atoms with Gasteiger partial charge in [0, 0.05) is 18.6 Å². The molecule has 0 aliphatic carbocycles. The van der Waals surface area contributed by atoms with Crippen LogP contribution in [0.1, 0.15) is 37.4 Å². The molecule has 1 aromatic rings. The van der Waals surface area contributed by atoms with Crippen molar-refractivity contribution in [2.24, 2.45) is 5.73 Å². The predicted molar refractivity (Wildman–Crippen MR) is 87.0 cm³/mol. The molecule has 21 heavy (non-hydrogen) atoms. The summed E-state index contributed by atoms with van der Waals surface area (Å²) in [5, 5.41) is 0. The number of nitrogens with two attached hydrogens (primary N) is 1. The standard InChI is InChI=1S/C16H26N2O2S/c1-4-15(17)16(14-7-5-6-12(2)10-14)18-8-9-21(19,20)11-13(18)3/h5-7,10,13,15-16H,4,8-9,11,17H2,1-3H3. The summed E-state index contributed by atoms with van der Waals surface area (Å²) in [7, 11) is -2.90. The maximum absolute atomic E-state index is 11.8. The lowest BCUT2D eigenvalue weighted by atomic mass is 9.94. The lowest BCUT2D eigenvalue weighted by Gasteiger charge is -2.42. The predicted octanol–water partition coefficient (Wildman–Crippen LogP) is 1.89. The highest BCUT2D eigenvalue weighted by molar-refractivity contribution is 7.91. The van der Waals surface area contributed by atoms with Crippen LogP contribution in [0.4, 0.5) is 0 Å². The maximum atomic E-state index is 11.8. The van der Waals surface area contributed by atoms with Crippen LogP contribution in [-0.2, 0) is 9.84 Å². The van der Waals surface area contributed by atoms with Crippen molar-refractivity contribution in [2.45, 2.75) is 45.3 Å². The number of sulfone groups is 1. The first-order chi connectivity index (χ1) is 9.84. The molecule has 2 N–H and O–H groups in total. The summed E-state index contributed by atoms with van der Waals surface area (Å²) < 4.78 is 23.6. The van der Waals surface area contributed by atoms with Crippen molar-refractivity contribution in [3.05, 3.63) is 35.4 Å². The van der Waals surface area contributed by atoms with Crippen LogP contribution in [0.3, 0.4) is 0 Å². The number of aryl methyl sites for hydroxylation is 1. The van der Waals surface area contributed by atoms with E-state index in [1.54, 1.807) is 0 Å². The van der Waals surface area contributed by atoms with Crippen molar-refractivity contribution >= 4 is 9.84 Å². The molecule has 2 rings (SSSR count). The van der Waals surface area contributed by atoms with Gasteiger partial charge in [-0.25, -0.2) is 8.42 Å². The largest absolute Gasteiger partial charge is 0.326 e. The minimum Gasteiger partial charge on any atom is -0.326 e. The lowest BCUT2D eigenvalue weighted by molar-refractivity contribution is 0.134. The fraction of sp³-hybridized carbons (Fsp3) is 0.625. The molecule has 1 aromatic carbocycles. The van der Waals surface area contributed by atoms with Crippen LogP contribution in [0.15, 0.2) is 24.3 Å². The van der Waals surface area contributed by atoms with Gasteiger partial charge in [-0.3, -0.25) is 4.90 Å². The van der Waals surface area contributed by atoms with E-state index in [9.17, 15) is 8.42 Å². The molecule has 5 heteroatoms. The van der Waals surface area contributed by atoms with E-state index in [0.29, 0.717) is 6.54 Å². The maximum Gasteiger partial charge on any atom is 0.153 e. The third kappa shape index (κ3) is 3.84. The van der Waals surface area contributed by atoms with Gasteiger partial charge < -0.3 is 5.73 Å². The van der Waals surface area contributed by atoms with Gasteiger partial charge in [-0.1, -0.05) is 36.8 Å². The van der Waals surface area contributed by atoms with E-state index in [4.69, 9.17) is 5.73 Å². The van der Waals surface area contributed by atoms with Gasteiger partial charge in [0.25, 0.3) is 0 Å². The van der Waals surface area contributed by atoms with Gasteiger partial charge in [-0.2, -0.15) is 0 Å². The van der Waals surface area contributed by atoms with Crippen molar-refractivity contribution in [3.8, 4) is 0 Å². The highest BCUT2D eigenvalue weighted by Gasteiger charge is 2.35. The van der Waals surface area contributed by atoms with E-state index in [0.717, 1.165) is 6.42 Å². The summed E-state index contributed by atoms with van der Waals surface area (Å²) in [6, 6.07) is 8.48. The van der Waals surface area contributed by atoms with Crippen molar-refractivity contribution < 1.29 is 8.42 Å². The van der Waals surface area contributed by atoms with E-state index in [2.05, 4.69) is 36.9 Å². The first-order valence-corrected chi connectivity index (χ1v) is 9.44. The second kappa shape index (κ2) is 6.46. The Labute approximate surface area is 128 Å². The Bertz CT molecular complexity index is 586. The lowest BCUT2D eigenvalue weighted by Crippen LogP contribution is -2.52. The summed E-state index contributed by atoms with van der Waals surface area (Å²) in [5.74, 6) is 0.460. The minimum atomic E-state index is -2.90. The second-order valence-corrected chi connectivity index (χ2v) is 8.36. The van der Waals surface area contributed by atoms with Gasteiger partial charge in [-0.05, 0) is 25.8 Å². The quantitative estimate of drug-likeness (QED) is 0.922. The van der Waals surface area contributed by atoms with Crippen LogP contribution in [0.25, 0.3) is 0 Å². The molecule has 0 bridgehead atoms. The van der Waals surface area contributed by atoms with Crippen LogP contribution in [-0.4, -0.2) is 43.5 Å². The molecule has 0 aromatic heterocycles. The molecular formula is C16H26N2O2S. The molecule has 0 amide bonds. The highest BCUT2D eigenvalue weighted by atomic mass is 32.2. The fourth-order valence-electron chi connectivity index (χ4n) is 3.19. The molecule has 1 aliphatic heterocycles. The zero-order valence-electron chi connectivity index (χ0n) is 13.1. The number of hydrogen-bond donors (Lipinski definition) is 1. The number of nitrogens with zero attached hydrogens (tertiary/aromatic N) is 1. The van der Waals surface area contributed by atoms with Crippen LogP contribution in [0.5, 0.6) is 0 Å². The van der Waals surface area contributed by atoms with Crippen LogP contribution in [0.2, 0.25) is 0 Å². The Kier molecular flexibility index (Phi) is 5.07. The van der Waals surface area contributed by atoms with Crippen LogP contribution >= 0.6 is 0 Å². The Hall–Kier alpha value is -0.910. The number of rotatable bonds is 4. The zero-order valence-corrected chi connectivity index (χ0v) is 13.9. The molecule has 3 atom stereocenters. The molecule has 1 heterocycles.